The number of carbonyl (C=O) groups is 1. The lowest BCUT2D eigenvalue weighted by atomic mass is 10.0. The first-order chi connectivity index (χ1) is 10.8. The maximum Gasteiger partial charge on any atom is 0.407 e. The summed E-state index contributed by atoms with van der Waals surface area (Å²) >= 11 is 6.11. The zero-order chi connectivity index (χ0) is 17.0. The number of carbonyl (C=O) groups excluding carboxylic acids is 1. The fourth-order valence-corrected chi connectivity index (χ4v) is 2.67. The summed E-state index contributed by atoms with van der Waals surface area (Å²) in [5.41, 5.74) is 0.361. The molecule has 0 bridgehead atoms. The fraction of sp³-hybridized carbons (Fsp3) is 0.688. The third kappa shape index (κ3) is 5.23. The second kappa shape index (κ2) is 7.34. The third-order valence-electron chi connectivity index (χ3n) is 3.66. The molecule has 1 saturated heterocycles. The Morgan fingerprint density at radius 1 is 1.48 bits per heavy atom. The van der Waals surface area contributed by atoms with Crippen LogP contribution in [0, 0.1) is 6.92 Å². The SMILES string of the molecule is Cc1cnc(N2CCCC[C@@H]2CNC(=O)OC(C)(C)C)nc1Cl. The molecule has 23 heavy (non-hydrogen) atoms. The number of piperidine rings is 1. The van der Waals surface area contributed by atoms with E-state index in [-0.39, 0.29) is 6.04 Å². The number of nitrogens with one attached hydrogen (secondary N) is 1. The predicted octanol–water partition coefficient (Wildman–Crippen LogP) is 3.32. The van der Waals surface area contributed by atoms with Gasteiger partial charge in [0.25, 0.3) is 0 Å². The highest BCUT2D eigenvalue weighted by molar-refractivity contribution is 6.30. The van der Waals surface area contributed by atoms with E-state index >= 15 is 0 Å². The molecule has 1 fully saturated rings. The molecule has 1 aliphatic rings. The van der Waals surface area contributed by atoms with Gasteiger partial charge in [-0.05, 0) is 47.0 Å². The van der Waals surface area contributed by atoms with Crippen LogP contribution in [0.4, 0.5) is 10.7 Å². The maximum atomic E-state index is 11.8. The molecule has 1 aromatic rings. The summed E-state index contributed by atoms with van der Waals surface area (Å²) in [7, 11) is 0. The molecule has 1 N–H and O–H groups in total. The Morgan fingerprint density at radius 2 is 2.22 bits per heavy atom. The second-order valence-corrected chi connectivity index (χ2v) is 7.23. The summed E-state index contributed by atoms with van der Waals surface area (Å²) in [6.07, 6.45) is 4.52. The van der Waals surface area contributed by atoms with E-state index in [0.29, 0.717) is 17.6 Å². The summed E-state index contributed by atoms with van der Waals surface area (Å²) in [5, 5.41) is 3.31. The minimum absolute atomic E-state index is 0.148. The highest BCUT2D eigenvalue weighted by Gasteiger charge is 2.26. The summed E-state index contributed by atoms with van der Waals surface area (Å²) in [4.78, 5) is 22.7. The molecule has 1 aliphatic heterocycles. The van der Waals surface area contributed by atoms with Crippen LogP contribution in [0.2, 0.25) is 5.15 Å². The third-order valence-corrected chi connectivity index (χ3v) is 4.04. The van der Waals surface area contributed by atoms with Crippen LogP contribution in [-0.4, -0.2) is 40.8 Å². The number of aryl methyl sites for hydroxylation is 1. The van der Waals surface area contributed by atoms with E-state index in [1.807, 2.05) is 27.7 Å². The van der Waals surface area contributed by atoms with Crippen molar-refractivity contribution in [2.45, 2.75) is 58.6 Å². The molecule has 1 amide bonds. The van der Waals surface area contributed by atoms with Gasteiger partial charge in [0.1, 0.15) is 10.8 Å². The van der Waals surface area contributed by atoms with Crippen LogP contribution in [0.25, 0.3) is 0 Å². The quantitative estimate of drug-likeness (QED) is 0.855. The lowest BCUT2D eigenvalue weighted by molar-refractivity contribution is 0.0522. The number of amides is 1. The van der Waals surface area contributed by atoms with E-state index in [4.69, 9.17) is 16.3 Å². The van der Waals surface area contributed by atoms with Crippen LogP contribution >= 0.6 is 11.6 Å². The van der Waals surface area contributed by atoms with Gasteiger partial charge in [-0.3, -0.25) is 0 Å². The Bertz CT molecular complexity index is 560. The molecule has 0 spiro atoms. The smallest absolute Gasteiger partial charge is 0.407 e. The molecule has 0 aromatic carbocycles. The summed E-state index contributed by atoms with van der Waals surface area (Å²) in [5.74, 6) is 0.622. The number of hydrogen-bond donors (Lipinski definition) is 1. The number of ether oxygens (including phenoxy) is 1. The number of hydrogen-bond acceptors (Lipinski definition) is 5. The molecule has 0 unspecified atom stereocenters. The minimum atomic E-state index is -0.496. The van der Waals surface area contributed by atoms with Crippen molar-refractivity contribution in [1.29, 1.82) is 0 Å². The molecule has 2 heterocycles. The maximum absolute atomic E-state index is 11.8. The van der Waals surface area contributed by atoms with Crippen molar-refractivity contribution >= 4 is 23.6 Å². The average molecular weight is 341 g/mol. The van der Waals surface area contributed by atoms with Gasteiger partial charge in [0.15, 0.2) is 0 Å². The van der Waals surface area contributed by atoms with E-state index in [0.717, 1.165) is 31.4 Å². The van der Waals surface area contributed by atoms with Crippen LogP contribution in [0.15, 0.2) is 6.20 Å². The van der Waals surface area contributed by atoms with Crippen LogP contribution < -0.4 is 10.2 Å². The molecule has 128 valence electrons. The molecule has 7 heteroatoms. The Kier molecular flexibility index (Phi) is 5.68. The second-order valence-electron chi connectivity index (χ2n) is 6.87. The number of rotatable bonds is 3. The van der Waals surface area contributed by atoms with Gasteiger partial charge >= 0.3 is 6.09 Å². The summed E-state index contributed by atoms with van der Waals surface area (Å²) < 4.78 is 5.28. The van der Waals surface area contributed by atoms with E-state index in [9.17, 15) is 4.79 Å². The van der Waals surface area contributed by atoms with E-state index in [2.05, 4.69) is 20.2 Å². The molecule has 6 nitrogen and oxygen atoms in total. The molecule has 0 aliphatic carbocycles. The van der Waals surface area contributed by atoms with Crippen molar-refractivity contribution < 1.29 is 9.53 Å². The molecule has 0 saturated carbocycles. The zero-order valence-electron chi connectivity index (χ0n) is 14.2. The molecule has 1 atom stereocenters. The van der Waals surface area contributed by atoms with Gasteiger partial charge in [-0.1, -0.05) is 11.6 Å². The fourth-order valence-electron chi connectivity index (χ4n) is 2.54. The average Bonchev–Trinajstić information content (AvgIpc) is 2.47. The van der Waals surface area contributed by atoms with Crippen molar-refractivity contribution in [3.05, 3.63) is 16.9 Å². The van der Waals surface area contributed by atoms with Crippen LogP contribution in [-0.2, 0) is 4.74 Å². The van der Waals surface area contributed by atoms with Gasteiger partial charge in [-0.25, -0.2) is 14.8 Å². The van der Waals surface area contributed by atoms with Crippen molar-refractivity contribution in [3.8, 4) is 0 Å². The first kappa shape index (κ1) is 17.8. The first-order valence-electron chi connectivity index (χ1n) is 7.99. The van der Waals surface area contributed by atoms with Gasteiger partial charge in [-0.15, -0.1) is 0 Å². The predicted molar refractivity (Wildman–Crippen MR) is 91.0 cm³/mol. The topological polar surface area (TPSA) is 67.4 Å². The Hall–Kier alpha value is -1.56. The molecular weight excluding hydrogens is 316 g/mol. The van der Waals surface area contributed by atoms with Crippen molar-refractivity contribution in [1.82, 2.24) is 15.3 Å². The van der Waals surface area contributed by atoms with Gasteiger partial charge in [-0.2, -0.15) is 0 Å². The Morgan fingerprint density at radius 3 is 2.87 bits per heavy atom. The zero-order valence-corrected chi connectivity index (χ0v) is 15.0. The lowest BCUT2D eigenvalue weighted by Crippen LogP contribution is -2.48. The van der Waals surface area contributed by atoms with Crippen molar-refractivity contribution in [3.63, 3.8) is 0 Å². The van der Waals surface area contributed by atoms with Crippen molar-refractivity contribution in [2.75, 3.05) is 18.0 Å². The van der Waals surface area contributed by atoms with E-state index in [1.165, 1.54) is 0 Å². The van der Waals surface area contributed by atoms with Gasteiger partial charge in [0.05, 0.1) is 0 Å². The Labute approximate surface area is 142 Å². The molecular formula is C16H25ClN4O2. The van der Waals surface area contributed by atoms with Gasteiger partial charge < -0.3 is 15.0 Å². The van der Waals surface area contributed by atoms with E-state index in [1.54, 1.807) is 6.20 Å². The number of anilines is 1. The molecule has 0 radical (unpaired) electrons. The summed E-state index contributed by atoms with van der Waals surface area (Å²) in [6.45, 7) is 8.79. The van der Waals surface area contributed by atoms with E-state index < -0.39 is 11.7 Å². The largest absolute Gasteiger partial charge is 0.444 e. The Balaban J connectivity index is 2.01. The normalized spacial score (nSPS) is 18.7. The lowest BCUT2D eigenvalue weighted by Gasteiger charge is -2.36. The van der Waals surface area contributed by atoms with Crippen LogP contribution in [0.5, 0.6) is 0 Å². The minimum Gasteiger partial charge on any atom is -0.444 e. The van der Waals surface area contributed by atoms with Crippen molar-refractivity contribution in [2.24, 2.45) is 0 Å². The van der Waals surface area contributed by atoms with Gasteiger partial charge in [0, 0.05) is 30.9 Å². The number of aromatic nitrogens is 2. The standard InChI is InChI=1S/C16H25ClN4O2/c1-11-9-18-14(20-13(11)17)21-8-6-5-7-12(21)10-19-15(22)23-16(2,3)4/h9,12H,5-8,10H2,1-4H3,(H,19,22)/t12-/m1/s1. The molecule has 2 rings (SSSR count). The highest BCUT2D eigenvalue weighted by Crippen LogP contribution is 2.23. The highest BCUT2D eigenvalue weighted by atomic mass is 35.5. The first-order valence-corrected chi connectivity index (χ1v) is 8.37. The number of nitrogens with zero attached hydrogens (tertiary/aromatic N) is 3. The number of halogens is 1. The summed E-state index contributed by atoms with van der Waals surface area (Å²) in [6, 6.07) is 0.148. The monoisotopic (exact) mass is 340 g/mol. The van der Waals surface area contributed by atoms with Gasteiger partial charge in [0.2, 0.25) is 5.95 Å². The molecule has 1 aromatic heterocycles. The van der Waals surface area contributed by atoms with Crippen LogP contribution in [0.3, 0.4) is 0 Å². The number of alkyl carbamates (subject to hydrolysis) is 1. The van der Waals surface area contributed by atoms with Crippen LogP contribution in [0.1, 0.15) is 45.6 Å².